The third-order valence-corrected chi connectivity index (χ3v) is 5.85. The molecule has 168 valence electrons. The Hall–Kier alpha value is -1.99. The monoisotopic (exact) mass is 435 g/mol. The molecule has 2 heterocycles. The molecule has 0 amide bonds. The van der Waals surface area contributed by atoms with Gasteiger partial charge in [-0.05, 0) is 38.9 Å². The van der Waals surface area contributed by atoms with E-state index in [1.54, 1.807) is 23.5 Å². The SMILES string of the molecule is CCCCCCCCCCNC(C)(C)c1nccs1.COc1cccnc1C(=O)O. The molecule has 2 rings (SSSR count). The van der Waals surface area contributed by atoms with Gasteiger partial charge >= 0.3 is 5.97 Å². The van der Waals surface area contributed by atoms with Gasteiger partial charge in [-0.2, -0.15) is 0 Å². The second-order valence-corrected chi connectivity index (χ2v) is 8.62. The Morgan fingerprint density at radius 1 is 1.10 bits per heavy atom. The van der Waals surface area contributed by atoms with Gasteiger partial charge < -0.3 is 15.2 Å². The van der Waals surface area contributed by atoms with Crippen molar-refractivity contribution in [2.75, 3.05) is 13.7 Å². The Balaban J connectivity index is 0.000000346. The molecule has 0 aliphatic rings. The third kappa shape index (κ3) is 10.2. The number of carbonyl (C=O) groups is 1. The molecule has 0 radical (unpaired) electrons. The summed E-state index contributed by atoms with van der Waals surface area (Å²) in [4.78, 5) is 18.5. The summed E-state index contributed by atoms with van der Waals surface area (Å²) in [6.45, 7) is 7.81. The summed E-state index contributed by atoms with van der Waals surface area (Å²) in [5.74, 6) is -0.803. The highest BCUT2D eigenvalue weighted by Gasteiger charge is 2.21. The van der Waals surface area contributed by atoms with Crippen molar-refractivity contribution >= 4 is 17.3 Å². The Kier molecular flexibility index (Phi) is 12.9. The van der Waals surface area contributed by atoms with Crippen LogP contribution in [0.4, 0.5) is 0 Å². The van der Waals surface area contributed by atoms with Gasteiger partial charge in [-0.25, -0.2) is 14.8 Å². The molecule has 0 spiro atoms. The number of carboxylic acids is 1. The number of aromatic nitrogens is 2. The molecule has 2 aromatic heterocycles. The number of methoxy groups -OCH3 is 1. The average molecular weight is 436 g/mol. The van der Waals surface area contributed by atoms with Crippen LogP contribution in [0, 0.1) is 0 Å². The average Bonchev–Trinajstić information content (AvgIpc) is 3.29. The van der Waals surface area contributed by atoms with E-state index < -0.39 is 5.97 Å². The third-order valence-electron chi connectivity index (χ3n) is 4.76. The van der Waals surface area contributed by atoms with Crippen molar-refractivity contribution in [2.24, 2.45) is 0 Å². The predicted octanol–water partition coefficient (Wildman–Crippen LogP) is 5.90. The minimum atomic E-state index is -1.08. The summed E-state index contributed by atoms with van der Waals surface area (Å²) in [6, 6.07) is 3.17. The molecule has 2 N–H and O–H groups in total. The number of nitrogens with one attached hydrogen (secondary N) is 1. The summed E-state index contributed by atoms with van der Waals surface area (Å²) < 4.78 is 4.76. The largest absolute Gasteiger partial charge is 0.494 e. The highest BCUT2D eigenvalue weighted by atomic mass is 32.1. The van der Waals surface area contributed by atoms with Crippen LogP contribution in [0.2, 0.25) is 0 Å². The zero-order valence-corrected chi connectivity index (χ0v) is 19.6. The molecule has 0 unspecified atom stereocenters. The van der Waals surface area contributed by atoms with Gasteiger partial charge in [-0.1, -0.05) is 51.9 Å². The van der Waals surface area contributed by atoms with E-state index in [0.29, 0.717) is 0 Å². The number of nitrogens with zero attached hydrogens (tertiary/aromatic N) is 2. The van der Waals surface area contributed by atoms with Gasteiger partial charge in [0.25, 0.3) is 0 Å². The molecule has 0 aliphatic carbocycles. The molecule has 0 aliphatic heterocycles. The molecule has 0 aromatic carbocycles. The van der Waals surface area contributed by atoms with Crippen molar-refractivity contribution in [1.82, 2.24) is 15.3 Å². The quantitative estimate of drug-likeness (QED) is 0.381. The lowest BCUT2D eigenvalue weighted by Crippen LogP contribution is -2.37. The number of carboxylic acid groups (broad SMARTS) is 1. The maximum Gasteiger partial charge on any atom is 0.358 e. The van der Waals surface area contributed by atoms with Crippen molar-refractivity contribution in [1.29, 1.82) is 0 Å². The van der Waals surface area contributed by atoms with Crippen molar-refractivity contribution in [3.63, 3.8) is 0 Å². The van der Waals surface area contributed by atoms with E-state index in [4.69, 9.17) is 9.84 Å². The molecular formula is C23H37N3O3S. The molecule has 2 aromatic rings. The van der Waals surface area contributed by atoms with Crippen LogP contribution in [0.1, 0.15) is 87.6 Å². The number of pyridine rings is 1. The van der Waals surface area contributed by atoms with Crippen LogP contribution in [-0.2, 0) is 5.54 Å². The molecule has 0 saturated heterocycles. The lowest BCUT2D eigenvalue weighted by molar-refractivity contribution is 0.0686. The first-order valence-electron chi connectivity index (χ1n) is 10.8. The summed E-state index contributed by atoms with van der Waals surface area (Å²) in [5.41, 5.74) is -0.0371. The smallest absolute Gasteiger partial charge is 0.358 e. The van der Waals surface area contributed by atoms with E-state index in [-0.39, 0.29) is 17.0 Å². The van der Waals surface area contributed by atoms with Crippen LogP contribution >= 0.6 is 11.3 Å². The first kappa shape index (κ1) is 26.0. The maximum absolute atomic E-state index is 10.4. The van der Waals surface area contributed by atoms with Gasteiger partial charge in [-0.15, -0.1) is 11.3 Å². The first-order valence-corrected chi connectivity index (χ1v) is 11.7. The van der Waals surface area contributed by atoms with Crippen molar-refractivity contribution in [3.05, 3.63) is 40.6 Å². The normalized spacial score (nSPS) is 10.9. The number of thiazole rings is 1. The maximum atomic E-state index is 10.4. The van der Waals surface area contributed by atoms with E-state index in [0.717, 1.165) is 6.54 Å². The molecule has 7 heteroatoms. The van der Waals surface area contributed by atoms with Gasteiger partial charge in [0.1, 0.15) is 5.01 Å². The van der Waals surface area contributed by atoms with Crippen LogP contribution in [-0.4, -0.2) is 34.7 Å². The van der Waals surface area contributed by atoms with E-state index in [9.17, 15) is 4.79 Å². The molecule has 0 fully saturated rings. The van der Waals surface area contributed by atoms with Crippen molar-refractivity contribution in [3.8, 4) is 5.75 Å². The van der Waals surface area contributed by atoms with Gasteiger partial charge in [-0.3, -0.25) is 0 Å². The number of unbranched alkanes of at least 4 members (excludes halogenated alkanes) is 7. The predicted molar refractivity (Wildman–Crippen MR) is 124 cm³/mol. The van der Waals surface area contributed by atoms with Crippen LogP contribution < -0.4 is 10.1 Å². The Morgan fingerprint density at radius 2 is 1.77 bits per heavy atom. The zero-order chi connectivity index (χ0) is 22.2. The van der Waals surface area contributed by atoms with Gasteiger partial charge in [0.05, 0.1) is 12.6 Å². The number of rotatable bonds is 13. The fourth-order valence-electron chi connectivity index (χ4n) is 2.98. The van der Waals surface area contributed by atoms with Crippen molar-refractivity contribution < 1.29 is 14.6 Å². The summed E-state index contributed by atoms with van der Waals surface area (Å²) in [6.07, 6.45) is 14.3. The highest BCUT2D eigenvalue weighted by molar-refractivity contribution is 7.09. The van der Waals surface area contributed by atoms with Gasteiger partial charge in [0, 0.05) is 17.8 Å². The lowest BCUT2D eigenvalue weighted by atomic mass is 10.1. The zero-order valence-electron chi connectivity index (χ0n) is 18.8. The van der Waals surface area contributed by atoms with E-state index >= 15 is 0 Å². The number of hydrogen-bond donors (Lipinski definition) is 2. The molecule has 0 saturated carbocycles. The topological polar surface area (TPSA) is 84.3 Å². The second kappa shape index (κ2) is 14.9. The minimum absolute atomic E-state index is 0.0231. The first-order chi connectivity index (χ1) is 14.4. The summed E-state index contributed by atoms with van der Waals surface area (Å²) in [5, 5.41) is 15.4. The number of hydrogen-bond acceptors (Lipinski definition) is 6. The van der Waals surface area contributed by atoms with Crippen molar-refractivity contribution in [2.45, 2.75) is 77.7 Å². The second-order valence-electron chi connectivity index (χ2n) is 7.72. The standard InChI is InChI=1S/C16H30N2S.C7H7NO3/c1-4-5-6-7-8-9-10-11-12-18-16(2,3)15-17-13-14-19-15;1-11-5-3-2-4-8-6(5)7(9)10/h13-14,18H,4-12H2,1-3H3;2-4H,1H3,(H,9,10). The molecule has 0 atom stereocenters. The summed E-state index contributed by atoms with van der Waals surface area (Å²) in [7, 11) is 1.41. The lowest BCUT2D eigenvalue weighted by Gasteiger charge is -2.23. The number of ether oxygens (including phenoxy) is 1. The number of aromatic carboxylic acids is 1. The Bertz CT molecular complexity index is 705. The minimum Gasteiger partial charge on any atom is -0.494 e. The van der Waals surface area contributed by atoms with Crippen LogP contribution in [0.25, 0.3) is 0 Å². The Morgan fingerprint density at radius 3 is 2.30 bits per heavy atom. The molecular weight excluding hydrogens is 398 g/mol. The van der Waals surface area contributed by atoms with Crippen LogP contribution in [0.15, 0.2) is 29.9 Å². The van der Waals surface area contributed by atoms with Gasteiger partial charge in [0.15, 0.2) is 11.4 Å². The highest BCUT2D eigenvalue weighted by Crippen LogP contribution is 2.22. The molecule has 0 bridgehead atoms. The Labute approximate surface area is 185 Å². The van der Waals surface area contributed by atoms with Crippen LogP contribution in [0.5, 0.6) is 5.75 Å². The van der Waals surface area contributed by atoms with E-state index in [1.807, 2.05) is 6.20 Å². The molecule has 30 heavy (non-hydrogen) atoms. The fourth-order valence-corrected chi connectivity index (χ4v) is 3.72. The summed E-state index contributed by atoms with van der Waals surface area (Å²) >= 11 is 1.74. The van der Waals surface area contributed by atoms with Gasteiger partial charge in [0.2, 0.25) is 0 Å². The molecule has 6 nitrogen and oxygen atoms in total. The fraction of sp³-hybridized carbons (Fsp3) is 0.609. The van der Waals surface area contributed by atoms with Crippen LogP contribution in [0.3, 0.4) is 0 Å². The van der Waals surface area contributed by atoms with E-state index in [2.05, 4.69) is 41.4 Å². The van der Waals surface area contributed by atoms with E-state index in [1.165, 1.54) is 69.7 Å².